The van der Waals surface area contributed by atoms with Gasteiger partial charge in [-0.2, -0.15) is 0 Å². The first-order chi connectivity index (χ1) is 14.4. The molecule has 3 N–H and O–H groups in total. The van der Waals surface area contributed by atoms with Crippen LogP contribution in [0.4, 0.5) is 0 Å². The predicted molar refractivity (Wildman–Crippen MR) is 124 cm³/mol. The molecule has 1 heterocycles. The van der Waals surface area contributed by atoms with Gasteiger partial charge in [-0.3, -0.25) is 4.90 Å². The Hall–Kier alpha value is -2.24. The molecule has 0 saturated carbocycles. The summed E-state index contributed by atoms with van der Waals surface area (Å²) in [5, 5.41) is 18.9. The molecule has 29 heavy (non-hydrogen) atoms. The molecule has 0 radical (unpaired) electrons. The second-order valence-corrected chi connectivity index (χ2v) is 8.11. The summed E-state index contributed by atoms with van der Waals surface area (Å²) in [7, 11) is 0. The molecule has 0 amide bonds. The summed E-state index contributed by atoms with van der Waals surface area (Å²) in [5.41, 5.74) is 1.43. The zero-order valence-electron chi connectivity index (χ0n) is 17.0. The molecule has 1 fully saturated rings. The van der Waals surface area contributed by atoms with Gasteiger partial charge in [0.05, 0.1) is 0 Å². The summed E-state index contributed by atoms with van der Waals surface area (Å²) < 4.78 is 0. The van der Waals surface area contributed by atoms with Gasteiger partial charge in [0, 0.05) is 58.9 Å². The first-order valence-electron chi connectivity index (χ1n) is 10.9. The summed E-state index contributed by atoms with van der Waals surface area (Å²) in [6, 6.07) is 20.4. The lowest BCUT2D eigenvalue weighted by Crippen LogP contribution is -2.41. The van der Waals surface area contributed by atoms with Crippen molar-refractivity contribution in [1.29, 1.82) is 0 Å². The Morgan fingerprint density at radius 1 is 0.586 bits per heavy atom. The summed E-state index contributed by atoms with van der Waals surface area (Å²) in [5.74, 6) is 0. The molecule has 0 bridgehead atoms. The van der Waals surface area contributed by atoms with E-state index in [1.54, 1.807) is 0 Å². The molecule has 1 aliphatic heterocycles. The Balaban J connectivity index is 1.47. The third kappa shape index (κ3) is 3.94. The number of hydrogen-bond acceptors (Lipinski definition) is 4. The fourth-order valence-electron chi connectivity index (χ4n) is 4.65. The molecule has 4 aromatic rings. The standard InChI is InChI=1S/C25H30N4/c1-2-19-4-5-21-6-7-22(23-9-8-20(3-1)24(19)25(21)23)18-29-16-14-27-12-10-26-11-13-28-15-17-29/h1-9,26-28H,10-18H2. The normalized spacial score (nSPS) is 18.2. The van der Waals surface area contributed by atoms with Crippen LogP contribution in [0, 0.1) is 0 Å². The van der Waals surface area contributed by atoms with Crippen molar-refractivity contribution in [3.05, 3.63) is 60.2 Å². The molecule has 4 aromatic carbocycles. The maximum atomic E-state index is 3.57. The number of rotatable bonds is 2. The van der Waals surface area contributed by atoms with Gasteiger partial charge in [-0.25, -0.2) is 0 Å². The van der Waals surface area contributed by atoms with E-state index in [1.165, 1.54) is 37.9 Å². The SMILES string of the molecule is c1cc2ccc3ccc(CN4CCNCCNCCNCC4)c4ccc(c1)c2c34. The first-order valence-corrected chi connectivity index (χ1v) is 10.9. The van der Waals surface area contributed by atoms with Gasteiger partial charge in [0.1, 0.15) is 0 Å². The van der Waals surface area contributed by atoms with Crippen molar-refractivity contribution in [3.8, 4) is 0 Å². The molecular formula is C25H30N4. The van der Waals surface area contributed by atoms with Crippen molar-refractivity contribution in [3.63, 3.8) is 0 Å². The van der Waals surface area contributed by atoms with E-state index in [4.69, 9.17) is 0 Å². The Bertz CT molecular complexity index is 1060. The van der Waals surface area contributed by atoms with E-state index < -0.39 is 0 Å². The van der Waals surface area contributed by atoms with Crippen LogP contribution < -0.4 is 16.0 Å². The van der Waals surface area contributed by atoms with Crippen molar-refractivity contribution in [2.45, 2.75) is 6.54 Å². The second kappa shape index (κ2) is 8.64. The molecule has 0 aromatic heterocycles. The molecule has 4 heteroatoms. The van der Waals surface area contributed by atoms with Crippen LogP contribution in [0.25, 0.3) is 32.3 Å². The molecule has 0 spiro atoms. The molecule has 4 nitrogen and oxygen atoms in total. The molecule has 0 atom stereocenters. The zero-order chi connectivity index (χ0) is 19.5. The third-order valence-electron chi connectivity index (χ3n) is 6.18. The van der Waals surface area contributed by atoms with Gasteiger partial charge >= 0.3 is 0 Å². The van der Waals surface area contributed by atoms with E-state index in [1.807, 2.05) is 0 Å². The lowest BCUT2D eigenvalue weighted by molar-refractivity contribution is 0.264. The van der Waals surface area contributed by atoms with E-state index in [2.05, 4.69) is 75.4 Å². The van der Waals surface area contributed by atoms with Crippen LogP contribution in [0.15, 0.2) is 54.6 Å². The lowest BCUT2D eigenvalue weighted by atomic mass is 9.92. The average molecular weight is 387 g/mol. The molecule has 1 aliphatic rings. The Kier molecular flexibility index (Phi) is 5.59. The van der Waals surface area contributed by atoms with Crippen LogP contribution >= 0.6 is 0 Å². The van der Waals surface area contributed by atoms with Gasteiger partial charge < -0.3 is 16.0 Å². The fourth-order valence-corrected chi connectivity index (χ4v) is 4.65. The zero-order valence-corrected chi connectivity index (χ0v) is 17.0. The minimum atomic E-state index is 0.996. The second-order valence-electron chi connectivity index (χ2n) is 8.11. The van der Waals surface area contributed by atoms with Crippen LogP contribution in [-0.2, 0) is 6.54 Å². The average Bonchev–Trinajstić information content (AvgIpc) is 2.75. The van der Waals surface area contributed by atoms with Crippen molar-refractivity contribution in [2.24, 2.45) is 0 Å². The van der Waals surface area contributed by atoms with Gasteiger partial charge in [0.25, 0.3) is 0 Å². The van der Waals surface area contributed by atoms with E-state index in [0.717, 1.165) is 58.9 Å². The highest BCUT2D eigenvalue weighted by molar-refractivity contribution is 6.23. The Morgan fingerprint density at radius 2 is 1.14 bits per heavy atom. The minimum Gasteiger partial charge on any atom is -0.314 e. The fraction of sp³-hybridized carbons (Fsp3) is 0.360. The summed E-state index contributed by atoms with van der Waals surface area (Å²) in [6.07, 6.45) is 0. The van der Waals surface area contributed by atoms with Crippen molar-refractivity contribution >= 4 is 32.3 Å². The van der Waals surface area contributed by atoms with Gasteiger partial charge in [-0.15, -0.1) is 0 Å². The molecule has 150 valence electrons. The van der Waals surface area contributed by atoms with Crippen molar-refractivity contribution in [2.75, 3.05) is 52.4 Å². The van der Waals surface area contributed by atoms with E-state index in [0.29, 0.717) is 0 Å². The minimum absolute atomic E-state index is 0.996. The first kappa shape index (κ1) is 18.8. The predicted octanol–water partition coefficient (Wildman–Crippen LogP) is 3.17. The quantitative estimate of drug-likeness (QED) is 0.463. The topological polar surface area (TPSA) is 39.3 Å². The van der Waals surface area contributed by atoms with Gasteiger partial charge in [-0.05, 0) is 37.9 Å². The van der Waals surface area contributed by atoms with Crippen molar-refractivity contribution < 1.29 is 0 Å². The third-order valence-corrected chi connectivity index (χ3v) is 6.18. The molecule has 5 rings (SSSR count). The van der Waals surface area contributed by atoms with E-state index in [9.17, 15) is 0 Å². The van der Waals surface area contributed by atoms with Crippen LogP contribution in [-0.4, -0.2) is 57.3 Å². The van der Waals surface area contributed by atoms with E-state index in [-0.39, 0.29) is 0 Å². The molecule has 0 aliphatic carbocycles. The number of benzene rings is 4. The maximum Gasteiger partial charge on any atom is 0.0240 e. The maximum absolute atomic E-state index is 3.57. The highest BCUT2D eigenvalue weighted by atomic mass is 15.2. The highest BCUT2D eigenvalue weighted by Crippen LogP contribution is 2.36. The highest BCUT2D eigenvalue weighted by Gasteiger charge is 2.13. The number of hydrogen-bond donors (Lipinski definition) is 3. The van der Waals surface area contributed by atoms with E-state index >= 15 is 0 Å². The van der Waals surface area contributed by atoms with Crippen LogP contribution in [0.1, 0.15) is 5.56 Å². The Morgan fingerprint density at radius 3 is 1.83 bits per heavy atom. The van der Waals surface area contributed by atoms with Crippen LogP contribution in [0.3, 0.4) is 0 Å². The largest absolute Gasteiger partial charge is 0.314 e. The van der Waals surface area contributed by atoms with Crippen LogP contribution in [0.2, 0.25) is 0 Å². The van der Waals surface area contributed by atoms with Gasteiger partial charge in [0.15, 0.2) is 0 Å². The van der Waals surface area contributed by atoms with Crippen molar-refractivity contribution in [1.82, 2.24) is 20.9 Å². The van der Waals surface area contributed by atoms with Gasteiger partial charge in [-0.1, -0.05) is 54.6 Å². The van der Waals surface area contributed by atoms with Gasteiger partial charge in [0.2, 0.25) is 0 Å². The number of nitrogens with one attached hydrogen (secondary N) is 3. The molecule has 1 saturated heterocycles. The summed E-state index contributed by atoms with van der Waals surface area (Å²) in [4.78, 5) is 2.58. The monoisotopic (exact) mass is 386 g/mol. The molecular weight excluding hydrogens is 356 g/mol. The molecule has 0 unspecified atom stereocenters. The number of nitrogens with zero attached hydrogens (tertiary/aromatic N) is 1. The van der Waals surface area contributed by atoms with Crippen LogP contribution in [0.5, 0.6) is 0 Å². The summed E-state index contributed by atoms with van der Waals surface area (Å²) in [6.45, 7) is 9.36. The lowest BCUT2D eigenvalue weighted by Gasteiger charge is -2.25. The smallest absolute Gasteiger partial charge is 0.0240 e. The summed E-state index contributed by atoms with van der Waals surface area (Å²) >= 11 is 0. The Labute approximate surface area is 172 Å².